The predicted molar refractivity (Wildman–Crippen MR) is 73.3 cm³/mol. The number of carbonyl (C=O) groups is 1. The smallest absolute Gasteiger partial charge is 0.248 e. The highest BCUT2D eigenvalue weighted by Crippen LogP contribution is 2.11. The van der Waals surface area contributed by atoms with Crippen LogP contribution in [0.5, 0.6) is 0 Å². The molecular formula is C14H22N2O2. The van der Waals surface area contributed by atoms with Crippen molar-refractivity contribution in [1.82, 2.24) is 5.32 Å². The minimum Gasteiger partial charge on any atom is -0.399 e. The van der Waals surface area contributed by atoms with E-state index in [0.29, 0.717) is 13.2 Å². The highest BCUT2D eigenvalue weighted by molar-refractivity contribution is 5.80. The number of nitrogens with one attached hydrogen (secondary N) is 1. The normalized spacial score (nSPS) is 12.1. The van der Waals surface area contributed by atoms with E-state index in [1.165, 1.54) is 0 Å². The maximum atomic E-state index is 11.6. The number of benzene rings is 1. The van der Waals surface area contributed by atoms with Gasteiger partial charge in [-0.1, -0.05) is 25.1 Å². The van der Waals surface area contributed by atoms with Crippen LogP contribution in [0.4, 0.5) is 5.69 Å². The predicted octanol–water partition coefficient (Wildman–Crippen LogP) is 1.74. The Morgan fingerprint density at radius 1 is 1.44 bits per heavy atom. The summed E-state index contributed by atoms with van der Waals surface area (Å²) in [6.07, 6.45) is 1.23. The van der Waals surface area contributed by atoms with Gasteiger partial charge in [0.05, 0.1) is 6.61 Å². The second-order valence-electron chi connectivity index (χ2n) is 4.25. The van der Waals surface area contributed by atoms with Gasteiger partial charge in [-0.25, -0.2) is 0 Å². The van der Waals surface area contributed by atoms with E-state index in [1.807, 2.05) is 31.2 Å². The Morgan fingerprint density at radius 2 is 2.17 bits per heavy atom. The summed E-state index contributed by atoms with van der Waals surface area (Å²) >= 11 is 0. The lowest BCUT2D eigenvalue weighted by atomic mass is 10.1. The molecule has 0 aliphatic carbocycles. The Bertz CT molecular complexity index is 380. The second-order valence-corrected chi connectivity index (χ2v) is 4.25. The molecule has 0 aliphatic rings. The summed E-state index contributed by atoms with van der Waals surface area (Å²) < 4.78 is 5.49. The summed E-state index contributed by atoms with van der Waals surface area (Å²) in [5.74, 6) is -0.0575. The number of nitrogens with two attached hydrogens (primary N) is 1. The number of ether oxygens (including phenoxy) is 1. The Kier molecular flexibility index (Phi) is 6.22. The third-order valence-electron chi connectivity index (χ3n) is 2.71. The summed E-state index contributed by atoms with van der Waals surface area (Å²) in [7, 11) is 0. The number of rotatable bonds is 7. The van der Waals surface area contributed by atoms with Gasteiger partial charge in [0.25, 0.3) is 0 Å². The Balaban J connectivity index is 2.29. The zero-order valence-electron chi connectivity index (χ0n) is 11.1. The molecule has 0 aliphatic heterocycles. The van der Waals surface area contributed by atoms with E-state index >= 15 is 0 Å². The standard InChI is InChI=1S/C14H22N2O2/c1-3-9-16-14(17)11(2)18-10-8-12-6-4-5-7-13(12)15/h4-7,11H,3,8-10,15H2,1-2H3,(H,16,17). The third kappa shape index (κ3) is 4.75. The summed E-state index contributed by atoms with van der Waals surface area (Å²) in [6.45, 7) is 4.97. The fraction of sp³-hybridized carbons (Fsp3) is 0.500. The van der Waals surface area contributed by atoms with E-state index in [4.69, 9.17) is 10.5 Å². The first kappa shape index (κ1) is 14.5. The summed E-state index contributed by atoms with van der Waals surface area (Å²) in [5, 5.41) is 2.80. The molecule has 0 aromatic heterocycles. The first-order chi connectivity index (χ1) is 8.65. The molecule has 1 atom stereocenters. The highest BCUT2D eigenvalue weighted by atomic mass is 16.5. The van der Waals surface area contributed by atoms with Crippen molar-refractivity contribution in [2.75, 3.05) is 18.9 Å². The van der Waals surface area contributed by atoms with Crippen molar-refractivity contribution in [1.29, 1.82) is 0 Å². The topological polar surface area (TPSA) is 64.3 Å². The monoisotopic (exact) mass is 250 g/mol. The molecule has 0 saturated carbocycles. The second kappa shape index (κ2) is 7.71. The Labute approximate surface area is 109 Å². The third-order valence-corrected chi connectivity index (χ3v) is 2.71. The number of hydrogen-bond acceptors (Lipinski definition) is 3. The van der Waals surface area contributed by atoms with Crippen LogP contribution >= 0.6 is 0 Å². The van der Waals surface area contributed by atoms with Crippen LogP contribution in [0.1, 0.15) is 25.8 Å². The summed E-state index contributed by atoms with van der Waals surface area (Å²) in [5.41, 5.74) is 7.65. The average molecular weight is 250 g/mol. The Morgan fingerprint density at radius 3 is 2.83 bits per heavy atom. The number of nitrogen functional groups attached to an aromatic ring is 1. The van der Waals surface area contributed by atoms with Gasteiger partial charge in [0.1, 0.15) is 6.10 Å². The van der Waals surface area contributed by atoms with E-state index in [-0.39, 0.29) is 5.91 Å². The Hall–Kier alpha value is -1.55. The maximum Gasteiger partial charge on any atom is 0.248 e. The molecule has 0 spiro atoms. The van der Waals surface area contributed by atoms with Gasteiger partial charge in [-0.2, -0.15) is 0 Å². The van der Waals surface area contributed by atoms with Gasteiger partial charge in [0, 0.05) is 12.2 Å². The quantitative estimate of drug-likeness (QED) is 0.724. The van der Waals surface area contributed by atoms with Crippen molar-refractivity contribution >= 4 is 11.6 Å². The van der Waals surface area contributed by atoms with Crippen molar-refractivity contribution in [2.45, 2.75) is 32.8 Å². The highest BCUT2D eigenvalue weighted by Gasteiger charge is 2.12. The van der Waals surface area contributed by atoms with Crippen LogP contribution in [0.3, 0.4) is 0 Å². The molecule has 18 heavy (non-hydrogen) atoms. The van der Waals surface area contributed by atoms with E-state index in [1.54, 1.807) is 6.92 Å². The number of carbonyl (C=O) groups excluding carboxylic acids is 1. The first-order valence-corrected chi connectivity index (χ1v) is 6.37. The fourth-order valence-electron chi connectivity index (χ4n) is 1.58. The van der Waals surface area contributed by atoms with E-state index in [2.05, 4.69) is 5.32 Å². The molecular weight excluding hydrogens is 228 g/mol. The summed E-state index contributed by atoms with van der Waals surface area (Å²) in [4.78, 5) is 11.6. The van der Waals surface area contributed by atoms with Crippen LogP contribution in [0.25, 0.3) is 0 Å². The largest absolute Gasteiger partial charge is 0.399 e. The molecule has 3 N–H and O–H groups in total. The molecule has 1 unspecified atom stereocenters. The minimum atomic E-state index is -0.415. The van der Waals surface area contributed by atoms with Gasteiger partial charge in [-0.15, -0.1) is 0 Å². The number of para-hydroxylation sites is 1. The number of hydrogen-bond donors (Lipinski definition) is 2. The molecule has 1 amide bonds. The van der Waals surface area contributed by atoms with Gasteiger partial charge in [0.2, 0.25) is 5.91 Å². The summed E-state index contributed by atoms with van der Waals surface area (Å²) in [6, 6.07) is 7.69. The average Bonchev–Trinajstić information content (AvgIpc) is 2.38. The van der Waals surface area contributed by atoms with E-state index in [0.717, 1.165) is 24.1 Å². The first-order valence-electron chi connectivity index (χ1n) is 6.37. The van der Waals surface area contributed by atoms with Crippen molar-refractivity contribution in [3.8, 4) is 0 Å². The SMILES string of the molecule is CCCNC(=O)C(C)OCCc1ccccc1N. The molecule has 4 heteroatoms. The van der Waals surface area contributed by atoms with Gasteiger partial charge >= 0.3 is 0 Å². The van der Waals surface area contributed by atoms with Crippen LogP contribution in [0.15, 0.2) is 24.3 Å². The molecule has 1 aromatic carbocycles. The lowest BCUT2D eigenvalue weighted by Crippen LogP contribution is -2.35. The molecule has 0 heterocycles. The van der Waals surface area contributed by atoms with Crippen LogP contribution in [0, 0.1) is 0 Å². The maximum absolute atomic E-state index is 11.6. The van der Waals surface area contributed by atoms with Crippen LogP contribution in [-0.2, 0) is 16.0 Å². The molecule has 0 bridgehead atoms. The molecule has 0 fully saturated rings. The molecule has 4 nitrogen and oxygen atoms in total. The van der Waals surface area contributed by atoms with Crippen LogP contribution < -0.4 is 11.1 Å². The lowest BCUT2D eigenvalue weighted by Gasteiger charge is -2.13. The molecule has 1 rings (SSSR count). The zero-order chi connectivity index (χ0) is 13.4. The van der Waals surface area contributed by atoms with E-state index in [9.17, 15) is 4.79 Å². The molecule has 100 valence electrons. The number of amides is 1. The van der Waals surface area contributed by atoms with Crippen LogP contribution in [-0.4, -0.2) is 25.2 Å². The number of anilines is 1. The van der Waals surface area contributed by atoms with Gasteiger partial charge < -0.3 is 15.8 Å². The van der Waals surface area contributed by atoms with Crippen molar-refractivity contribution in [3.05, 3.63) is 29.8 Å². The van der Waals surface area contributed by atoms with Crippen LogP contribution in [0.2, 0.25) is 0 Å². The van der Waals surface area contributed by atoms with Gasteiger partial charge in [-0.05, 0) is 31.4 Å². The van der Waals surface area contributed by atoms with Crippen molar-refractivity contribution < 1.29 is 9.53 Å². The molecule has 0 radical (unpaired) electrons. The minimum absolute atomic E-state index is 0.0575. The van der Waals surface area contributed by atoms with Crippen molar-refractivity contribution in [2.24, 2.45) is 0 Å². The zero-order valence-corrected chi connectivity index (χ0v) is 11.1. The van der Waals surface area contributed by atoms with Crippen molar-refractivity contribution in [3.63, 3.8) is 0 Å². The fourth-order valence-corrected chi connectivity index (χ4v) is 1.58. The molecule has 1 aromatic rings. The van der Waals surface area contributed by atoms with Gasteiger partial charge in [0.15, 0.2) is 0 Å². The van der Waals surface area contributed by atoms with Gasteiger partial charge in [-0.3, -0.25) is 4.79 Å². The van der Waals surface area contributed by atoms with E-state index < -0.39 is 6.10 Å². The molecule has 0 saturated heterocycles. The lowest BCUT2D eigenvalue weighted by molar-refractivity contribution is -0.131.